The third-order valence-electron chi connectivity index (χ3n) is 4.26. The molecule has 1 saturated heterocycles. The molecular weight excluding hydrogens is 284 g/mol. The molecule has 1 aliphatic carbocycles. The number of hydrogen-bond acceptors (Lipinski definition) is 3. The summed E-state index contributed by atoms with van der Waals surface area (Å²) in [5, 5.41) is 8.93. The number of hydrogen-bond donors (Lipinski definition) is 1. The second kappa shape index (κ2) is 4.68. The molecule has 0 radical (unpaired) electrons. The van der Waals surface area contributed by atoms with E-state index in [1.807, 2.05) is 0 Å². The Bertz CT molecular complexity index is 622. The predicted octanol–water partition coefficient (Wildman–Crippen LogP) is 1.38. The maximum Gasteiger partial charge on any atom is 0.307 e. The van der Waals surface area contributed by atoms with Gasteiger partial charge in [0, 0.05) is 13.1 Å². The van der Waals surface area contributed by atoms with Gasteiger partial charge in [0.1, 0.15) is 11.3 Å². The number of carbonyl (C=O) groups is 2. The first-order valence-electron chi connectivity index (χ1n) is 6.49. The standard InChI is InChI=1S/C14H13F2NO4/c1-21-9-3-2-8(15)12(16)11(9)13(18)17-4-6-7(5-17)10(6)14(19)20/h2-3,6-7,10H,4-5H2,1H3,(H,19,20)/t6-,7+,10?. The highest BCUT2D eigenvalue weighted by atomic mass is 19.2. The van der Waals surface area contributed by atoms with E-state index in [9.17, 15) is 18.4 Å². The molecule has 1 aromatic carbocycles. The lowest BCUT2D eigenvalue weighted by Crippen LogP contribution is -2.33. The number of carboxylic acids is 1. The third-order valence-corrected chi connectivity index (χ3v) is 4.26. The molecule has 1 aromatic rings. The topological polar surface area (TPSA) is 66.8 Å². The Hall–Kier alpha value is -2.18. The summed E-state index contributed by atoms with van der Waals surface area (Å²) >= 11 is 0. The van der Waals surface area contributed by atoms with Crippen LogP contribution in [0.15, 0.2) is 12.1 Å². The van der Waals surface area contributed by atoms with E-state index < -0.39 is 35.0 Å². The van der Waals surface area contributed by atoms with Crippen molar-refractivity contribution in [1.82, 2.24) is 4.90 Å². The van der Waals surface area contributed by atoms with Crippen molar-refractivity contribution in [2.24, 2.45) is 17.8 Å². The van der Waals surface area contributed by atoms with Crippen LogP contribution in [0.2, 0.25) is 0 Å². The minimum atomic E-state index is -1.24. The van der Waals surface area contributed by atoms with Crippen molar-refractivity contribution in [2.45, 2.75) is 0 Å². The van der Waals surface area contributed by atoms with Crippen LogP contribution in [0, 0.1) is 29.4 Å². The maximum atomic E-state index is 13.9. The molecule has 112 valence electrons. The Labute approximate surface area is 119 Å². The lowest BCUT2D eigenvalue weighted by molar-refractivity contribution is -0.139. The normalized spacial score (nSPS) is 26.4. The van der Waals surface area contributed by atoms with Gasteiger partial charge < -0.3 is 14.7 Å². The van der Waals surface area contributed by atoms with Gasteiger partial charge >= 0.3 is 5.97 Å². The number of ether oxygens (including phenoxy) is 1. The van der Waals surface area contributed by atoms with Crippen molar-refractivity contribution >= 4 is 11.9 Å². The molecule has 2 aliphatic rings. The smallest absolute Gasteiger partial charge is 0.307 e. The fourth-order valence-corrected chi connectivity index (χ4v) is 3.12. The Kier molecular flexibility index (Phi) is 3.07. The summed E-state index contributed by atoms with van der Waals surface area (Å²) in [6.07, 6.45) is 0. The van der Waals surface area contributed by atoms with E-state index in [0.29, 0.717) is 0 Å². The van der Waals surface area contributed by atoms with Crippen LogP contribution in [0.25, 0.3) is 0 Å². The number of fused-ring (bicyclic) bond motifs is 1. The van der Waals surface area contributed by atoms with E-state index in [1.54, 1.807) is 0 Å². The highest BCUT2D eigenvalue weighted by Gasteiger charge is 2.60. The van der Waals surface area contributed by atoms with Crippen molar-refractivity contribution in [3.05, 3.63) is 29.3 Å². The van der Waals surface area contributed by atoms with Gasteiger partial charge in [-0.3, -0.25) is 9.59 Å². The van der Waals surface area contributed by atoms with Crippen LogP contribution in [-0.2, 0) is 4.79 Å². The Morgan fingerprint density at radius 1 is 1.29 bits per heavy atom. The number of carbonyl (C=O) groups excluding carboxylic acids is 1. The maximum absolute atomic E-state index is 13.9. The highest BCUT2D eigenvalue weighted by Crippen LogP contribution is 2.52. The first kappa shape index (κ1) is 13.8. The van der Waals surface area contributed by atoms with Gasteiger partial charge in [0.2, 0.25) is 0 Å². The van der Waals surface area contributed by atoms with Crippen LogP contribution in [0.4, 0.5) is 8.78 Å². The summed E-state index contributed by atoms with van der Waals surface area (Å²) in [4.78, 5) is 24.6. The van der Waals surface area contributed by atoms with E-state index in [0.717, 1.165) is 6.07 Å². The molecule has 0 aromatic heterocycles. The summed E-state index contributed by atoms with van der Waals surface area (Å²) in [7, 11) is 1.27. The van der Waals surface area contributed by atoms with E-state index >= 15 is 0 Å². The van der Waals surface area contributed by atoms with Crippen molar-refractivity contribution < 1.29 is 28.2 Å². The molecular formula is C14H13F2NO4. The molecule has 1 unspecified atom stereocenters. The van der Waals surface area contributed by atoms with Gasteiger partial charge in [-0.05, 0) is 24.0 Å². The number of carboxylic acid groups (broad SMARTS) is 1. The number of rotatable bonds is 3. The lowest BCUT2D eigenvalue weighted by atomic mass is 10.1. The fraction of sp³-hybridized carbons (Fsp3) is 0.429. The van der Waals surface area contributed by atoms with Crippen LogP contribution in [-0.4, -0.2) is 42.1 Å². The largest absolute Gasteiger partial charge is 0.496 e. The molecule has 21 heavy (non-hydrogen) atoms. The van der Waals surface area contributed by atoms with E-state index in [4.69, 9.17) is 9.84 Å². The highest BCUT2D eigenvalue weighted by molar-refractivity contribution is 5.97. The molecule has 2 fully saturated rings. The molecule has 0 spiro atoms. The summed E-state index contributed by atoms with van der Waals surface area (Å²) in [5.74, 6) is -4.53. The number of aliphatic carboxylic acids is 1. The number of likely N-dealkylation sites (tertiary alicyclic amines) is 1. The van der Waals surface area contributed by atoms with Crippen LogP contribution >= 0.6 is 0 Å². The van der Waals surface area contributed by atoms with Crippen LogP contribution in [0.5, 0.6) is 5.75 Å². The number of halogens is 2. The summed E-state index contributed by atoms with van der Waals surface area (Å²) < 4.78 is 32.1. The molecule has 7 heteroatoms. The minimum absolute atomic E-state index is 0.0331. The predicted molar refractivity (Wildman–Crippen MR) is 66.9 cm³/mol. The average Bonchev–Trinajstić information content (AvgIpc) is 2.97. The van der Waals surface area contributed by atoms with Gasteiger partial charge in [0.15, 0.2) is 11.6 Å². The molecule has 1 N–H and O–H groups in total. The number of nitrogens with zero attached hydrogens (tertiary/aromatic N) is 1. The summed E-state index contributed by atoms with van der Waals surface area (Å²) in [5.41, 5.74) is -0.439. The monoisotopic (exact) mass is 297 g/mol. The van der Waals surface area contributed by atoms with Crippen LogP contribution in [0.3, 0.4) is 0 Å². The van der Waals surface area contributed by atoms with Gasteiger partial charge in [0.05, 0.1) is 13.0 Å². The molecule has 1 amide bonds. The summed E-state index contributed by atoms with van der Waals surface area (Å²) in [6, 6.07) is 2.09. The zero-order valence-electron chi connectivity index (χ0n) is 11.2. The second-order valence-corrected chi connectivity index (χ2v) is 5.34. The Balaban J connectivity index is 1.82. The third kappa shape index (κ3) is 2.03. The molecule has 5 nitrogen and oxygen atoms in total. The SMILES string of the molecule is COc1ccc(F)c(F)c1C(=O)N1C[C@@H]2C(C(=O)O)[C@@H]2C1. The van der Waals surface area contributed by atoms with Crippen LogP contribution < -0.4 is 4.74 Å². The van der Waals surface area contributed by atoms with Gasteiger partial charge in [-0.1, -0.05) is 0 Å². The number of methoxy groups -OCH3 is 1. The van der Waals surface area contributed by atoms with Gasteiger partial charge in [-0.2, -0.15) is 0 Å². The van der Waals surface area contributed by atoms with Crippen LogP contribution in [0.1, 0.15) is 10.4 Å². The van der Waals surface area contributed by atoms with E-state index in [2.05, 4.69) is 0 Å². The number of benzene rings is 1. The quantitative estimate of drug-likeness (QED) is 0.915. The van der Waals surface area contributed by atoms with E-state index in [1.165, 1.54) is 18.1 Å². The minimum Gasteiger partial charge on any atom is -0.496 e. The second-order valence-electron chi connectivity index (χ2n) is 5.34. The molecule has 3 rings (SSSR count). The molecule has 3 atom stereocenters. The zero-order valence-corrected chi connectivity index (χ0v) is 11.2. The molecule has 0 bridgehead atoms. The van der Waals surface area contributed by atoms with Gasteiger partial charge in [-0.15, -0.1) is 0 Å². The van der Waals surface area contributed by atoms with Crippen molar-refractivity contribution in [2.75, 3.05) is 20.2 Å². The Morgan fingerprint density at radius 2 is 1.90 bits per heavy atom. The lowest BCUT2D eigenvalue weighted by Gasteiger charge is -2.20. The molecule has 1 heterocycles. The fourth-order valence-electron chi connectivity index (χ4n) is 3.12. The number of amides is 1. The Morgan fingerprint density at radius 3 is 2.43 bits per heavy atom. The van der Waals surface area contributed by atoms with Crippen molar-refractivity contribution in [1.29, 1.82) is 0 Å². The van der Waals surface area contributed by atoms with Crippen molar-refractivity contribution in [3.63, 3.8) is 0 Å². The first-order chi connectivity index (χ1) is 9.95. The first-order valence-corrected chi connectivity index (χ1v) is 6.49. The summed E-state index contributed by atoms with van der Waals surface area (Å²) in [6.45, 7) is 0.499. The number of piperidine rings is 1. The zero-order chi connectivity index (χ0) is 15.3. The van der Waals surface area contributed by atoms with Gasteiger partial charge in [0.25, 0.3) is 5.91 Å². The van der Waals surface area contributed by atoms with Crippen molar-refractivity contribution in [3.8, 4) is 5.75 Å². The molecule has 1 saturated carbocycles. The van der Waals surface area contributed by atoms with Gasteiger partial charge in [-0.25, -0.2) is 8.78 Å². The van der Waals surface area contributed by atoms with E-state index in [-0.39, 0.29) is 30.7 Å². The average molecular weight is 297 g/mol. The molecule has 1 aliphatic heterocycles.